The Hall–Kier alpha value is -1.36. The molecular formula is C15H25N3O2. The number of hydrogen-bond donors (Lipinski definition) is 2. The molecule has 2 unspecified atom stereocenters. The first-order valence-electron chi connectivity index (χ1n) is 7.64. The summed E-state index contributed by atoms with van der Waals surface area (Å²) in [6.07, 6.45) is 6.97. The van der Waals surface area contributed by atoms with Crippen molar-refractivity contribution in [1.29, 1.82) is 0 Å². The van der Waals surface area contributed by atoms with Crippen LogP contribution < -0.4 is 5.32 Å². The van der Waals surface area contributed by atoms with Crippen LogP contribution in [0.2, 0.25) is 0 Å². The van der Waals surface area contributed by atoms with Crippen LogP contribution in [-0.2, 0) is 16.0 Å². The van der Waals surface area contributed by atoms with Gasteiger partial charge in [-0.05, 0) is 25.2 Å². The van der Waals surface area contributed by atoms with Gasteiger partial charge in [-0.1, -0.05) is 33.1 Å². The maximum absolute atomic E-state index is 11.8. The molecule has 1 heterocycles. The molecule has 5 nitrogen and oxygen atoms in total. The number of hydrogen-bond acceptors (Lipinski definition) is 3. The van der Waals surface area contributed by atoms with Crippen molar-refractivity contribution in [3.8, 4) is 0 Å². The highest BCUT2D eigenvalue weighted by Crippen LogP contribution is 2.26. The molecule has 2 atom stereocenters. The standard InChI is InChI=1S/C15H25N3O2/c1-3-6-12-9-14(18-17-12)16-15(19)10-20-13-8-5-4-7-11(13)2/h9,11,13H,3-8,10H2,1-2H3,(H2,16,17,18,19). The van der Waals surface area contributed by atoms with Gasteiger partial charge in [0, 0.05) is 11.8 Å². The molecule has 0 radical (unpaired) electrons. The van der Waals surface area contributed by atoms with Crippen LogP contribution in [0.4, 0.5) is 5.82 Å². The molecule has 2 N–H and O–H groups in total. The second-order valence-electron chi connectivity index (χ2n) is 5.69. The number of aromatic amines is 1. The van der Waals surface area contributed by atoms with E-state index in [2.05, 4.69) is 29.4 Å². The summed E-state index contributed by atoms with van der Waals surface area (Å²) in [5.41, 5.74) is 1.05. The highest BCUT2D eigenvalue weighted by molar-refractivity contribution is 5.90. The molecule has 1 aromatic rings. The third-order valence-corrected chi connectivity index (χ3v) is 3.88. The molecule has 20 heavy (non-hydrogen) atoms. The number of aromatic nitrogens is 2. The lowest BCUT2D eigenvalue weighted by atomic mass is 9.88. The zero-order valence-corrected chi connectivity index (χ0v) is 12.4. The van der Waals surface area contributed by atoms with Crippen molar-refractivity contribution in [2.24, 2.45) is 5.92 Å². The molecule has 1 aromatic heterocycles. The van der Waals surface area contributed by atoms with Crippen LogP contribution in [0.25, 0.3) is 0 Å². The van der Waals surface area contributed by atoms with Crippen molar-refractivity contribution < 1.29 is 9.53 Å². The molecule has 0 spiro atoms. The highest BCUT2D eigenvalue weighted by atomic mass is 16.5. The molecule has 1 aliphatic rings. The second-order valence-corrected chi connectivity index (χ2v) is 5.69. The number of anilines is 1. The van der Waals surface area contributed by atoms with E-state index in [0.29, 0.717) is 11.7 Å². The SMILES string of the molecule is CCCc1cc(NC(=O)COC2CCCCC2C)n[nH]1. The van der Waals surface area contributed by atoms with E-state index in [1.165, 1.54) is 19.3 Å². The summed E-state index contributed by atoms with van der Waals surface area (Å²) in [6.45, 7) is 4.43. The van der Waals surface area contributed by atoms with Gasteiger partial charge >= 0.3 is 0 Å². The van der Waals surface area contributed by atoms with E-state index in [-0.39, 0.29) is 18.6 Å². The Morgan fingerprint density at radius 1 is 1.50 bits per heavy atom. The van der Waals surface area contributed by atoms with Crippen molar-refractivity contribution in [1.82, 2.24) is 10.2 Å². The number of H-pyrrole nitrogens is 1. The Morgan fingerprint density at radius 3 is 3.05 bits per heavy atom. The third kappa shape index (κ3) is 4.34. The third-order valence-electron chi connectivity index (χ3n) is 3.88. The maximum Gasteiger partial charge on any atom is 0.251 e. The van der Waals surface area contributed by atoms with Crippen molar-refractivity contribution in [3.05, 3.63) is 11.8 Å². The van der Waals surface area contributed by atoms with E-state index in [1.807, 2.05) is 6.07 Å². The van der Waals surface area contributed by atoms with Crippen LogP contribution in [-0.4, -0.2) is 28.8 Å². The lowest BCUT2D eigenvalue weighted by molar-refractivity contribution is -0.124. The Balaban J connectivity index is 1.74. The van der Waals surface area contributed by atoms with Gasteiger partial charge in [0.25, 0.3) is 5.91 Å². The lowest BCUT2D eigenvalue weighted by Crippen LogP contribution is -2.29. The predicted molar refractivity (Wildman–Crippen MR) is 78.6 cm³/mol. The fourth-order valence-corrected chi connectivity index (χ4v) is 2.71. The number of aryl methyl sites for hydroxylation is 1. The molecular weight excluding hydrogens is 254 g/mol. The minimum atomic E-state index is -0.127. The van der Waals surface area contributed by atoms with E-state index in [9.17, 15) is 4.79 Å². The van der Waals surface area contributed by atoms with Crippen molar-refractivity contribution >= 4 is 11.7 Å². The summed E-state index contributed by atoms with van der Waals surface area (Å²) in [6, 6.07) is 1.88. The summed E-state index contributed by atoms with van der Waals surface area (Å²) in [7, 11) is 0. The highest BCUT2D eigenvalue weighted by Gasteiger charge is 2.22. The zero-order valence-electron chi connectivity index (χ0n) is 12.4. The number of carbonyl (C=O) groups excluding carboxylic acids is 1. The van der Waals surface area contributed by atoms with Gasteiger partial charge in [0.05, 0.1) is 6.10 Å². The molecule has 5 heteroatoms. The van der Waals surface area contributed by atoms with E-state index >= 15 is 0 Å². The molecule has 112 valence electrons. The molecule has 1 saturated carbocycles. The van der Waals surface area contributed by atoms with Gasteiger partial charge in [-0.25, -0.2) is 0 Å². The van der Waals surface area contributed by atoms with Gasteiger partial charge in [0.1, 0.15) is 6.61 Å². The van der Waals surface area contributed by atoms with Crippen molar-refractivity contribution in [2.75, 3.05) is 11.9 Å². The molecule has 0 aliphatic heterocycles. The fourth-order valence-electron chi connectivity index (χ4n) is 2.71. The molecule has 0 aromatic carbocycles. The lowest BCUT2D eigenvalue weighted by Gasteiger charge is -2.28. The number of nitrogens with one attached hydrogen (secondary N) is 2. The normalized spacial score (nSPS) is 22.7. The van der Waals surface area contributed by atoms with E-state index in [4.69, 9.17) is 4.74 Å². The number of ether oxygens (including phenoxy) is 1. The monoisotopic (exact) mass is 279 g/mol. The Morgan fingerprint density at radius 2 is 2.30 bits per heavy atom. The van der Waals surface area contributed by atoms with E-state index < -0.39 is 0 Å². The van der Waals surface area contributed by atoms with Gasteiger partial charge < -0.3 is 10.1 Å². The molecule has 0 saturated heterocycles. The van der Waals surface area contributed by atoms with Gasteiger partial charge in [0.15, 0.2) is 5.82 Å². The van der Waals surface area contributed by atoms with E-state index in [1.54, 1.807) is 0 Å². The topological polar surface area (TPSA) is 67.0 Å². The number of amides is 1. The average Bonchev–Trinajstić information content (AvgIpc) is 2.85. The zero-order chi connectivity index (χ0) is 14.4. The average molecular weight is 279 g/mol. The first-order chi connectivity index (χ1) is 9.69. The molecule has 1 fully saturated rings. The number of carbonyl (C=O) groups is 1. The van der Waals surface area contributed by atoms with Crippen LogP contribution in [0.3, 0.4) is 0 Å². The van der Waals surface area contributed by atoms with Gasteiger partial charge in [-0.3, -0.25) is 9.89 Å². The van der Waals surface area contributed by atoms with E-state index in [0.717, 1.165) is 25.0 Å². The van der Waals surface area contributed by atoms with Crippen LogP contribution >= 0.6 is 0 Å². The van der Waals surface area contributed by atoms with Crippen LogP contribution in [0.5, 0.6) is 0 Å². The van der Waals surface area contributed by atoms with Gasteiger partial charge in [-0.2, -0.15) is 5.10 Å². The first-order valence-corrected chi connectivity index (χ1v) is 7.64. The Bertz CT molecular complexity index is 431. The minimum Gasteiger partial charge on any atom is -0.368 e. The smallest absolute Gasteiger partial charge is 0.251 e. The largest absolute Gasteiger partial charge is 0.368 e. The van der Waals surface area contributed by atoms with Gasteiger partial charge in [0.2, 0.25) is 0 Å². The van der Waals surface area contributed by atoms with Crippen molar-refractivity contribution in [2.45, 2.75) is 58.5 Å². The summed E-state index contributed by atoms with van der Waals surface area (Å²) < 4.78 is 5.73. The summed E-state index contributed by atoms with van der Waals surface area (Å²) in [5, 5.41) is 9.76. The Labute approximate surface area is 120 Å². The summed E-state index contributed by atoms with van der Waals surface area (Å²) in [5.74, 6) is 1.01. The first kappa shape index (κ1) is 15.0. The molecule has 1 aliphatic carbocycles. The second kappa shape index (κ2) is 7.43. The summed E-state index contributed by atoms with van der Waals surface area (Å²) >= 11 is 0. The fraction of sp³-hybridized carbons (Fsp3) is 0.733. The predicted octanol–water partition coefficient (Wildman–Crippen LogP) is 2.90. The Kier molecular flexibility index (Phi) is 5.59. The van der Waals surface area contributed by atoms with Crippen molar-refractivity contribution in [3.63, 3.8) is 0 Å². The van der Waals surface area contributed by atoms with Gasteiger partial charge in [-0.15, -0.1) is 0 Å². The molecule has 2 rings (SSSR count). The van der Waals surface area contributed by atoms with Crippen LogP contribution in [0.15, 0.2) is 6.07 Å². The van der Waals surface area contributed by atoms with Crippen LogP contribution in [0.1, 0.15) is 51.6 Å². The quantitative estimate of drug-likeness (QED) is 0.841. The maximum atomic E-state index is 11.8. The minimum absolute atomic E-state index is 0.116. The molecule has 0 bridgehead atoms. The molecule has 1 amide bonds. The number of nitrogens with zero attached hydrogens (tertiary/aromatic N) is 1. The summed E-state index contributed by atoms with van der Waals surface area (Å²) in [4.78, 5) is 11.8. The number of rotatable bonds is 6. The van der Waals surface area contributed by atoms with Crippen LogP contribution in [0, 0.1) is 5.92 Å².